The molecule has 0 saturated carbocycles. The van der Waals surface area contributed by atoms with E-state index < -0.39 is 34.9 Å². The van der Waals surface area contributed by atoms with Gasteiger partial charge in [-0.25, -0.2) is 13.8 Å². The molecule has 1 atom stereocenters. The number of carbonyl (C=O) groups is 5. The number of likely N-dealkylation sites (N-methyl/N-ethyl adjacent to an activating group) is 1. The number of phenols is 1. The van der Waals surface area contributed by atoms with Crippen LogP contribution in [0.4, 0.5) is 20.5 Å². The summed E-state index contributed by atoms with van der Waals surface area (Å²) in [5.41, 5.74) is 0.310. The molecule has 0 spiro atoms. The van der Waals surface area contributed by atoms with Gasteiger partial charge in [-0.2, -0.15) is 4.98 Å². The summed E-state index contributed by atoms with van der Waals surface area (Å²) in [6.07, 6.45) is 0.520. The third-order valence-electron chi connectivity index (χ3n) is 11.1. The van der Waals surface area contributed by atoms with E-state index in [1.54, 1.807) is 30.1 Å². The monoisotopic (exact) mass is 892 g/mol. The van der Waals surface area contributed by atoms with Crippen molar-refractivity contribution in [1.82, 2.24) is 30.0 Å². The zero-order valence-corrected chi connectivity index (χ0v) is 35.5. The molecule has 0 bridgehead atoms. The zero-order chi connectivity index (χ0) is 44.8. The lowest BCUT2D eigenvalue weighted by molar-refractivity contribution is -0.137. The van der Waals surface area contributed by atoms with Crippen LogP contribution in [-0.4, -0.2) is 145 Å². The molecule has 7 rings (SSSR count). The summed E-state index contributed by atoms with van der Waals surface area (Å²) < 4.78 is 48.4. The van der Waals surface area contributed by atoms with Gasteiger partial charge in [-0.1, -0.05) is 17.7 Å². The maximum absolute atomic E-state index is 16.4. The minimum atomic E-state index is -0.959. The van der Waals surface area contributed by atoms with E-state index in [1.807, 2.05) is 4.90 Å². The number of piperazine rings is 1. The van der Waals surface area contributed by atoms with Crippen molar-refractivity contribution >= 4 is 63.8 Å². The normalized spacial score (nSPS) is 16.4. The lowest BCUT2D eigenvalue weighted by Crippen LogP contribution is -2.52. The molecule has 3 aromatic carbocycles. The first-order valence-electron chi connectivity index (χ1n) is 20.5. The van der Waals surface area contributed by atoms with Gasteiger partial charge in [-0.05, 0) is 48.4 Å². The summed E-state index contributed by atoms with van der Waals surface area (Å²) >= 11 is 6.55. The quantitative estimate of drug-likeness (QED) is 0.103. The molecular formula is C43H47ClF2N8O9. The zero-order valence-electron chi connectivity index (χ0n) is 34.8. The van der Waals surface area contributed by atoms with E-state index in [-0.39, 0.29) is 110 Å². The number of carbonyl (C=O) groups excluding carboxylic acids is 5. The van der Waals surface area contributed by atoms with Gasteiger partial charge < -0.3 is 44.2 Å². The fraction of sp³-hybridized carbons (Fsp3) is 0.419. The number of amides is 5. The summed E-state index contributed by atoms with van der Waals surface area (Å²) in [4.78, 5) is 77.3. The number of anilines is 2. The predicted molar refractivity (Wildman–Crippen MR) is 226 cm³/mol. The number of aromatic hydroxyl groups is 1. The number of hydrogen-bond donors (Lipinski definition) is 3. The van der Waals surface area contributed by atoms with E-state index >= 15 is 4.39 Å². The molecule has 2 saturated heterocycles. The molecule has 5 amide bonds. The van der Waals surface area contributed by atoms with E-state index in [2.05, 4.69) is 20.6 Å². The number of nitrogens with zero attached hydrogens (tertiary/aromatic N) is 6. The van der Waals surface area contributed by atoms with Crippen molar-refractivity contribution in [1.29, 1.82) is 0 Å². The lowest BCUT2D eigenvalue weighted by Gasteiger charge is -2.35. The number of piperidine rings is 1. The first kappa shape index (κ1) is 44.9. The van der Waals surface area contributed by atoms with Crippen LogP contribution in [0.15, 0.2) is 42.5 Å². The van der Waals surface area contributed by atoms with Crippen molar-refractivity contribution < 1.29 is 52.1 Å². The molecule has 2 fully saturated rings. The summed E-state index contributed by atoms with van der Waals surface area (Å²) in [5.74, 6) is -2.74. The molecule has 3 aliphatic heterocycles. The fourth-order valence-electron chi connectivity index (χ4n) is 7.70. The second kappa shape index (κ2) is 19.9. The van der Waals surface area contributed by atoms with Crippen LogP contribution in [0.5, 0.6) is 11.5 Å². The molecule has 63 heavy (non-hydrogen) atoms. The molecule has 3 aliphatic rings. The molecule has 1 unspecified atom stereocenters. The lowest BCUT2D eigenvalue weighted by atomic mass is 10.0. The molecule has 4 heterocycles. The second-order valence-corrected chi connectivity index (χ2v) is 15.6. The second-order valence-electron chi connectivity index (χ2n) is 15.2. The standard InChI is InChI=1S/C43H47ClF2N8O9/c1-25(55)52-12-14-53(15-13-52)40-29-23-30(44)36(37-31(45)4-3-5-33(37)56)38(46)39(29)49-43(50-40)47-11-10-35(58)51(2)16-17-61-18-19-62-20-21-63-27-6-7-28-26(22-27)24-54(42(28)60)32-8-9-34(57)48-41(32)59/h3-7,22-23,32,56H,8-21,24H2,1-2H3,(H,47,49,50)(H,48,57,59). The number of hydrogen-bond acceptors (Lipinski definition) is 13. The summed E-state index contributed by atoms with van der Waals surface area (Å²) in [6, 6.07) is 9.48. The number of benzene rings is 3. The van der Waals surface area contributed by atoms with Crippen molar-refractivity contribution in [3.63, 3.8) is 0 Å². The third-order valence-corrected chi connectivity index (χ3v) is 11.4. The SMILES string of the molecule is CC(=O)N1CCN(c2nc(NCCC(=O)N(C)CCOCCOCCOc3ccc4c(c3)CN(C3CCC(=O)NC3=O)C4=O)nc3c(F)c(-c4c(O)cccc4F)c(Cl)cc23)CC1. The Morgan fingerprint density at radius 3 is 2.46 bits per heavy atom. The van der Waals surface area contributed by atoms with Gasteiger partial charge in [0, 0.05) is 89.1 Å². The van der Waals surface area contributed by atoms with Gasteiger partial charge >= 0.3 is 0 Å². The maximum atomic E-state index is 16.4. The van der Waals surface area contributed by atoms with E-state index in [1.165, 1.54) is 34.9 Å². The van der Waals surface area contributed by atoms with Gasteiger partial charge in [0.1, 0.15) is 41.3 Å². The Hall–Kier alpha value is -6.18. The smallest absolute Gasteiger partial charge is 0.255 e. The molecule has 334 valence electrons. The minimum absolute atomic E-state index is 0.0164. The topological polar surface area (TPSA) is 196 Å². The Labute approximate surface area is 366 Å². The van der Waals surface area contributed by atoms with Gasteiger partial charge in [-0.3, -0.25) is 29.3 Å². The van der Waals surface area contributed by atoms with Gasteiger partial charge in [0.2, 0.25) is 29.6 Å². The number of imide groups is 1. The Kier molecular flexibility index (Phi) is 14.2. The highest BCUT2D eigenvalue weighted by Gasteiger charge is 2.39. The maximum Gasteiger partial charge on any atom is 0.255 e. The van der Waals surface area contributed by atoms with E-state index in [4.69, 9.17) is 25.8 Å². The number of halogens is 3. The molecule has 1 aromatic heterocycles. The molecule has 20 heteroatoms. The van der Waals surface area contributed by atoms with Crippen molar-refractivity contribution in [2.24, 2.45) is 0 Å². The number of rotatable bonds is 17. The van der Waals surface area contributed by atoms with Crippen LogP contribution in [0.2, 0.25) is 5.02 Å². The third kappa shape index (κ3) is 10.2. The average molecular weight is 893 g/mol. The van der Waals surface area contributed by atoms with Crippen LogP contribution in [0.1, 0.15) is 42.1 Å². The highest BCUT2D eigenvalue weighted by molar-refractivity contribution is 6.34. The highest BCUT2D eigenvalue weighted by Crippen LogP contribution is 2.42. The van der Waals surface area contributed by atoms with Crippen LogP contribution in [0.3, 0.4) is 0 Å². The van der Waals surface area contributed by atoms with Crippen LogP contribution >= 0.6 is 11.6 Å². The van der Waals surface area contributed by atoms with E-state index in [0.29, 0.717) is 56.5 Å². The van der Waals surface area contributed by atoms with Crippen molar-refractivity contribution in [2.75, 3.05) is 89.6 Å². The Bertz CT molecular complexity index is 2400. The van der Waals surface area contributed by atoms with Crippen LogP contribution in [-0.2, 0) is 35.2 Å². The number of fused-ring (bicyclic) bond motifs is 2. The largest absolute Gasteiger partial charge is 0.507 e. The minimum Gasteiger partial charge on any atom is -0.507 e. The van der Waals surface area contributed by atoms with Gasteiger partial charge in [0.15, 0.2) is 5.82 Å². The fourth-order valence-corrected chi connectivity index (χ4v) is 7.99. The number of ether oxygens (including phenoxy) is 3. The van der Waals surface area contributed by atoms with Crippen LogP contribution in [0, 0.1) is 11.6 Å². The average Bonchev–Trinajstić information content (AvgIpc) is 3.58. The number of phenolic OH excluding ortho intramolecular Hbond substituents is 1. The van der Waals surface area contributed by atoms with Crippen molar-refractivity contribution in [3.8, 4) is 22.6 Å². The van der Waals surface area contributed by atoms with E-state index in [0.717, 1.165) is 11.6 Å². The predicted octanol–water partition coefficient (Wildman–Crippen LogP) is 3.74. The van der Waals surface area contributed by atoms with Gasteiger partial charge in [-0.15, -0.1) is 0 Å². The number of aromatic nitrogens is 2. The molecule has 0 radical (unpaired) electrons. The first-order chi connectivity index (χ1) is 30.3. The van der Waals surface area contributed by atoms with Crippen molar-refractivity contribution in [3.05, 3.63) is 70.2 Å². The first-order valence-corrected chi connectivity index (χ1v) is 20.9. The van der Waals surface area contributed by atoms with Gasteiger partial charge in [0.25, 0.3) is 5.91 Å². The molecular weight excluding hydrogens is 846 g/mol. The van der Waals surface area contributed by atoms with Crippen LogP contribution < -0.4 is 20.3 Å². The molecule has 17 nitrogen and oxygen atoms in total. The summed E-state index contributed by atoms with van der Waals surface area (Å²) in [6.45, 7) is 5.12. The van der Waals surface area contributed by atoms with Crippen molar-refractivity contribution in [2.45, 2.75) is 38.8 Å². The molecule has 0 aliphatic carbocycles. The number of nitrogens with one attached hydrogen (secondary N) is 2. The molecule has 4 aromatic rings. The Morgan fingerprint density at radius 2 is 1.73 bits per heavy atom. The Morgan fingerprint density at radius 1 is 0.984 bits per heavy atom. The molecule has 3 N–H and O–H groups in total. The van der Waals surface area contributed by atoms with Gasteiger partial charge in [0.05, 0.1) is 37.0 Å². The van der Waals surface area contributed by atoms with E-state index in [9.17, 15) is 33.5 Å². The highest BCUT2D eigenvalue weighted by atomic mass is 35.5. The van der Waals surface area contributed by atoms with Crippen LogP contribution in [0.25, 0.3) is 22.0 Å². The summed E-state index contributed by atoms with van der Waals surface area (Å²) in [7, 11) is 1.64. The summed E-state index contributed by atoms with van der Waals surface area (Å²) in [5, 5.41) is 15.9. The Balaban J connectivity index is 0.852.